The third-order valence-corrected chi connectivity index (χ3v) is 8.63. The largest absolute Gasteiger partial charge is 0.456 e. The first-order valence-electron chi connectivity index (χ1n) is 15.3. The number of aryl methyl sites for hydroxylation is 1. The van der Waals surface area contributed by atoms with Crippen molar-refractivity contribution < 1.29 is 4.42 Å². The van der Waals surface area contributed by atoms with Crippen molar-refractivity contribution >= 4 is 38.8 Å². The normalized spacial score (nSPS) is 11.2. The molecule has 0 saturated carbocycles. The summed E-state index contributed by atoms with van der Waals surface area (Å²) >= 11 is 0. The average Bonchev–Trinajstić information content (AvgIpc) is 3.45. The maximum atomic E-state index is 6.29. The molecule has 8 rings (SSSR count). The van der Waals surface area contributed by atoms with Gasteiger partial charge in [0, 0.05) is 33.6 Å². The molecule has 0 aliphatic heterocycles. The van der Waals surface area contributed by atoms with Crippen LogP contribution >= 0.6 is 0 Å². The molecule has 0 radical (unpaired) electrons. The Kier molecular flexibility index (Phi) is 6.73. The molecule has 0 saturated heterocycles. The molecule has 0 spiro atoms. The Balaban J connectivity index is 1.19. The fraction of sp³-hybridized carbons (Fsp3) is 0.0233. The molecule has 0 atom stereocenters. The van der Waals surface area contributed by atoms with Crippen LogP contribution in [0.5, 0.6) is 0 Å². The van der Waals surface area contributed by atoms with E-state index in [0.717, 1.165) is 50.5 Å². The molecule has 45 heavy (non-hydrogen) atoms. The van der Waals surface area contributed by atoms with Crippen molar-refractivity contribution in [2.24, 2.45) is 0 Å². The number of rotatable bonds is 6. The van der Waals surface area contributed by atoms with Gasteiger partial charge < -0.3 is 9.32 Å². The van der Waals surface area contributed by atoms with Gasteiger partial charge >= 0.3 is 0 Å². The second-order valence-corrected chi connectivity index (χ2v) is 11.5. The topological polar surface area (TPSA) is 16.4 Å². The lowest BCUT2D eigenvalue weighted by atomic mass is 9.99. The van der Waals surface area contributed by atoms with Crippen LogP contribution in [0.4, 0.5) is 17.1 Å². The van der Waals surface area contributed by atoms with E-state index in [0.29, 0.717) is 0 Å². The number of para-hydroxylation sites is 1. The van der Waals surface area contributed by atoms with Gasteiger partial charge in [0.1, 0.15) is 11.3 Å². The number of furan rings is 1. The van der Waals surface area contributed by atoms with Crippen LogP contribution in [0.1, 0.15) is 5.56 Å². The lowest BCUT2D eigenvalue weighted by Crippen LogP contribution is -2.10. The highest BCUT2D eigenvalue weighted by Crippen LogP contribution is 2.39. The van der Waals surface area contributed by atoms with Crippen molar-refractivity contribution in [3.63, 3.8) is 0 Å². The molecule has 0 N–H and O–H groups in total. The molecule has 0 unspecified atom stereocenters. The van der Waals surface area contributed by atoms with Gasteiger partial charge in [-0.15, -0.1) is 0 Å². The first kappa shape index (κ1) is 26.7. The molecule has 1 aromatic heterocycles. The van der Waals surface area contributed by atoms with Crippen LogP contribution in [0.3, 0.4) is 0 Å². The highest BCUT2D eigenvalue weighted by Gasteiger charge is 2.16. The van der Waals surface area contributed by atoms with E-state index in [2.05, 4.69) is 170 Å². The van der Waals surface area contributed by atoms with Gasteiger partial charge in [0.2, 0.25) is 0 Å². The molecule has 214 valence electrons. The van der Waals surface area contributed by atoms with Crippen LogP contribution in [0, 0.1) is 6.92 Å². The Hall–Kier alpha value is -5.86. The lowest BCUT2D eigenvalue weighted by Gasteiger charge is -2.26. The Morgan fingerprint density at radius 1 is 0.400 bits per heavy atom. The minimum Gasteiger partial charge on any atom is -0.456 e. The van der Waals surface area contributed by atoms with E-state index < -0.39 is 0 Å². The van der Waals surface area contributed by atoms with E-state index in [4.69, 9.17) is 4.42 Å². The van der Waals surface area contributed by atoms with Crippen LogP contribution < -0.4 is 4.90 Å². The average molecular weight is 578 g/mol. The number of hydrogen-bond donors (Lipinski definition) is 0. The highest BCUT2D eigenvalue weighted by molar-refractivity contribution is 5.91. The summed E-state index contributed by atoms with van der Waals surface area (Å²) in [5, 5.41) is 3.61. The number of anilines is 3. The highest BCUT2D eigenvalue weighted by atomic mass is 16.3. The summed E-state index contributed by atoms with van der Waals surface area (Å²) in [5.41, 5.74) is 11.2. The van der Waals surface area contributed by atoms with Crippen LogP contribution in [-0.2, 0) is 0 Å². The van der Waals surface area contributed by atoms with Crippen LogP contribution in [-0.4, -0.2) is 0 Å². The predicted molar refractivity (Wildman–Crippen MR) is 189 cm³/mol. The Labute approximate surface area is 263 Å². The van der Waals surface area contributed by atoms with Crippen LogP contribution in [0.25, 0.3) is 55.3 Å². The minimum atomic E-state index is 0.921. The number of benzene rings is 7. The fourth-order valence-electron chi connectivity index (χ4n) is 6.31. The first-order valence-corrected chi connectivity index (χ1v) is 15.3. The Morgan fingerprint density at radius 3 is 1.82 bits per heavy atom. The quantitative estimate of drug-likeness (QED) is 0.195. The van der Waals surface area contributed by atoms with Crippen molar-refractivity contribution in [3.8, 4) is 33.6 Å². The van der Waals surface area contributed by atoms with Gasteiger partial charge in [-0.3, -0.25) is 0 Å². The van der Waals surface area contributed by atoms with Gasteiger partial charge in [-0.2, -0.15) is 0 Å². The molecule has 0 fully saturated rings. The Morgan fingerprint density at radius 2 is 1.00 bits per heavy atom. The standard InChI is InChI=1S/C43H31NO/c1-30-41-19-7-8-20-42(41)45-43(30)37-17-9-15-34(27-37)33-21-24-38(25-22-33)44(40-26-23-32-13-5-6-14-35(32)29-40)39-18-10-16-36(28-39)31-11-3-2-4-12-31/h2-29H,1H3. The van der Waals surface area contributed by atoms with Gasteiger partial charge in [0.25, 0.3) is 0 Å². The molecule has 8 aromatic rings. The number of nitrogens with zero attached hydrogens (tertiary/aromatic N) is 1. The van der Waals surface area contributed by atoms with Crippen LogP contribution in [0.2, 0.25) is 0 Å². The summed E-state index contributed by atoms with van der Waals surface area (Å²) in [6.07, 6.45) is 0. The first-order chi connectivity index (χ1) is 22.2. The van der Waals surface area contributed by atoms with Gasteiger partial charge in [0.05, 0.1) is 0 Å². The van der Waals surface area contributed by atoms with Gasteiger partial charge in [-0.25, -0.2) is 0 Å². The fourth-order valence-corrected chi connectivity index (χ4v) is 6.31. The second kappa shape index (κ2) is 11.3. The van der Waals surface area contributed by atoms with Crippen LogP contribution in [0.15, 0.2) is 174 Å². The van der Waals surface area contributed by atoms with Gasteiger partial charge in [-0.05, 0) is 88.5 Å². The third-order valence-electron chi connectivity index (χ3n) is 8.63. The summed E-state index contributed by atoms with van der Waals surface area (Å²) in [4.78, 5) is 2.34. The van der Waals surface area contributed by atoms with E-state index >= 15 is 0 Å². The SMILES string of the molecule is Cc1c(-c2cccc(-c3ccc(N(c4cccc(-c5ccccc5)c4)c4ccc5ccccc5c4)cc3)c2)oc2ccccc12. The molecule has 0 aliphatic rings. The van der Waals surface area contributed by atoms with Crippen molar-refractivity contribution in [1.82, 2.24) is 0 Å². The van der Waals surface area contributed by atoms with E-state index in [-0.39, 0.29) is 0 Å². The van der Waals surface area contributed by atoms with E-state index in [1.165, 1.54) is 27.5 Å². The van der Waals surface area contributed by atoms with E-state index in [9.17, 15) is 0 Å². The summed E-state index contributed by atoms with van der Waals surface area (Å²) < 4.78 is 6.29. The zero-order valence-corrected chi connectivity index (χ0v) is 25.0. The summed E-state index contributed by atoms with van der Waals surface area (Å²) in [7, 11) is 0. The Bertz CT molecular complexity index is 2280. The van der Waals surface area contributed by atoms with E-state index in [1.54, 1.807) is 0 Å². The lowest BCUT2D eigenvalue weighted by molar-refractivity contribution is 0.629. The second-order valence-electron chi connectivity index (χ2n) is 11.5. The summed E-state index contributed by atoms with van der Waals surface area (Å²) in [5.74, 6) is 0.926. The minimum absolute atomic E-state index is 0.921. The molecule has 0 bridgehead atoms. The number of fused-ring (bicyclic) bond motifs is 2. The van der Waals surface area contributed by atoms with Gasteiger partial charge in [-0.1, -0.05) is 121 Å². The molecule has 7 aromatic carbocycles. The van der Waals surface area contributed by atoms with Crippen molar-refractivity contribution in [3.05, 3.63) is 175 Å². The zero-order valence-electron chi connectivity index (χ0n) is 25.0. The summed E-state index contributed by atoms with van der Waals surface area (Å²) in [6.45, 7) is 2.14. The molecule has 0 amide bonds. The molecular formula is C43H31NO. The monoisotopic (exact) mass is 577 g/mol. The van der Waals surface area contributed by atoms with Crippen molar-refractivity contribution in [2.75, 3.05) is 4.90 Å². The smallest absolute Gasteiger partial charge is 0.138 e. The maximum Gasteiger partial charge on any atom is 0.138 e. The molecular weight excluding hydrogens is 546 g/mol. The molecule has 2 heteroatoms. The molecule has 0 aliphatic carbocycles. The number of hydrogen-bond acceptors (Lipinski definition) is 2. The predicted octanol–water partition coefficient (Wildman–Crippen LogP) is 12.4. The van der Waals surface area contributed by atoms with Crippen molar-refractivity contribution in [2.45, 2.75) is 6.92 Å². The summed E-state index contributed by atoms with van der Waals surface area (Å²) in [6, 6.07) is 60.3. The zero-order chi connectivity index (χ0) is 30.2. The third kappa shape index (κ3) is 5.07. The molecule has 1 heterocycles. The van der Waals surface area contributed by atoms with E-state index in [1.807, 2.05) is 12.1 Å². The van der Waals surface area contributed by atoms with Gasteiger partial charge in [0.15, 0.2) is 0 Å². The maximum absolute atomic E-state index is 6.29. The van der Waals surface area contributed by atoms with Crippen molar-refractivity contribution in [1.29, 1.82) is 0 Å². The molecule has 2 nitrogen and oxygen atoms in total.